The zero-order valence-electron chi connectivity index (χ0n) is 14.3. The van der Waals surface area contributed by atoms with E-state index in [4.69, 9.17) is 10.5 Å². The minimum atomic E-state index is -0.149. The third kappa shape index (κ3) is 3.49. The molecule has 1 aromatic carbocycles. The maximum absolute atomic E-state index is 6.63. The van der Waals surface area contributed by atoms with Crippen LogP contribution >= 0.6 is 0 Å². The number of rotatable bonds is 4. The molecule has 118 valence electrons. The van der Waals surface area contributed by atoms with Crippen LogP contribution < -0.4 is 5.73 Å². The van der Waals surface area contributed by atoms with E-state index >= 15 is 0 Å². The number of hydrogen-bond donors (Lipinski definition) is 1. The third-order valence-corrected chi connectivity index (χ3v) is 5.60. The molecule has 0 saturated heterocycles. The summed E-state index contributed by atoms with van der Waals surface area (Å²) in [6, 6.07) is 6.55. The molecule has 21 heavy (non-hydrogen) atoms. The van der Waals surface area contributed by atoms with E-state index < -0.39 is 0 Å². The highest BCUT2D eigenvalue weighted by Gasteiger charge is 2.42. The van der Waals surface area contributed by atoms with Gasteiger partial charge in [0.1, 0.15) is 0 Å². The Morgan fingerprint density at radius 1 is 1.10 bits per heavy atom. The van der Waals surface area contributed by atoms with Gasteiger partial charge in [-0.05, 0) is 68.1 Å². The van der Waals surface area contributed by atoms with E-state index in [-0.39, 0.29) is 11.6 Å². The van der Waals surface area contributed by atoms with Gasteiger partial charge in [0.05, 0.1) is 5.60 Å². The number of aryl methyl sites for hydroxylation is 2. The van der Waals surface area contributed by atoms with E-state index in [2.05, 4.69) is 45.9 Å². The Bertz CT molecular complexity index is 462. The quantitative estimate of drug-likeness (QED) is 0.903. The highest BCUT2D eigenvalue weighted by Crippen LogP contribution is 2.43. The van der Waals surface area contributed by atoms with Crippen molar-refractivity contribution in [2.24, 2.45) is 11.1 Å². The van der Waals surface area contributed by atoms with Crippen molar-refractivity contribution < 1.29 is 4.74 Å². The molecular weight excluding hydrogens is 258 g/mol. The lowest BCUT2D eigenvalue weighted by atomic mass is 9.67. The molecular formula is C19H31NO. The van der Waals surface area contributed by atoms with Crippen molar-refractivity contribution in [1.82, 2.24) is 0 Å². The Morgan fingerprint density at radius 2 is 1.62 bits per heavy atom. The summed E-state index contributed by atoms with van der Waals surface area (Å²) in [7, 11) is 1.84. The molecule has 2 N–H and O–H groups in total. The second kappa shape index (κ2) is 6.10. The third-order valence-electron chi connectivity index (χ3n) is 5.60. The van der Waals surface area contributed by atoms with Crippen LogP contribution in [0.15, 0.2) is 18.2 Å². The van der Waals surface area contributed by atoms with Crippen molar-refractivity contribution in [1.29, 1.82) is 0 Å². The van der Waals surface area contributed by atoms with Gasteiger partial charge in [-0.3, -0.25) is 0 Å². The molecule has 2 nitrogen and oxygen atoms in total. The number of nitrogens with two attached hydrogens (primary N) is 1. The minimum absolute atomic E-state index is 0.0680. The second-order valence-electron chi connectivity index (χ2n) is 7.61. The summed E-state index contributed by atoms with van der Waals surface area (Å²) in [4.78, 5) is 0. The summed E-state index contributed by atoms with van der Waals surface area (Å²) in [6.07, 6.45) is 5.44. The maximum atomic E-state index is 6.63. The summed E-state index contributed by atoms with van der Waals surface area (Å²) in [6.45, 7) is 9.06. The van der Waals surface area contributed by atoms with E-state index in [0.29, 0.717) is 5.41 Å². The fourth-order valence-corrected chi connectivity index (χ4v) is 3.65. The topological polar surface area (TPSA) is 35.2 Å². The van der Waals surface area contributed by atoms with E-state index in [1.54, 1.807) is 0 Å². The number of hydrogen-bond acceptors (Lipinski definition) is 2. The van der Waals surface area contributed by atoms with Crippen LogP contribution in [0.5, 0.6) is 0 Å². The van der Waals surface area contributed by atoms with Crippen molar-refractivity contribution in [3.63, 3.8) is 0 Å². The van der Waals surface area contributed by atoms with E-state index in [1.807, 2.05) is 7.11 Å². The molecule has 1 saturated carbocycles. The summed E-state index contributed by atoms with van der Waals surface area (Å²) >= 11 is 0. The molecule has 0 bridgehead atoms. The van der Waals surface area contributed by atoms with Crippen LogP contribution in [0.3, 0.4) is 0 Å². The van der Waals surface area contributed by atoms with Gasteiger partial charge in [-0.2, -0.15) is 0 Å². The van der Waals surface area contributed by atoms with Gasteiger partial charge in [-0.25, -0.2) is 0 Å². The Morgan fingerprint density at radius 3 is 2.10 bits per heavy atom. The molecule has 1 atom stereocenters. The fourth-order valence-electron chi connectivity index (χ4n) is 3.65. The van der Waals surface area contributed by atoms with Crippen LogP contribution in [0.4, 0.5) is 0 Å². The molecule has 0 spiro atoms. The average molecular weight is 289 g/mol. The summed E-state index contributed by atoms with van der Waals surface area (Å²) < 4.78 is 5.96. The van der Waals surface area contributed by atoms with Crippen LogP contribution in [0, 0.1) is 19.3 Å². The molecule has 0 radical (unpaired) electrons. The molecule has 1 fully saturated rings. The normalized spacial score (nSPS) is 22.0. The molecule has 0 heterocycles. The van der Waals surface area contributed by atoms with Gasteiger partial charge in [0, 0.05) is 13.2 Å². The first-order valence-corrected chi connectivity index (χ1v) is 8.15. The number of methoxy groups -OCH3 is 1. The van der Waals surface area contributed by atoms with Gasteiger partial charge in [0.2, 0.25) is 0 Å². The summed E-state index contributed by atoms with van der Waals surface area (Å²) in [5, 5.41) is 0. The Kier molecular flexibility index (Phi) is 4.79. The van der Waals surface area contributed by atoms with Gasteiger partial charge in [0.15, 0.2) is 0 Å². The van der Waals surface area contributed by atoms with Crippen molar-refractivity contribution >= 4 is 0 Å². The smallest absolute Gasteiger partial charge is 0.0832 e. The second-order valence-corrected chi connectivity index (χ2v) is 7.61. The number of benzene rings is 1. The average Bonchev–Trinajstić information content (AvgIpc) is 2.43. The lowest BCUT2D eigenvalue weighted by Crippen LogP contribution is -2.53. The largest absolute Gasteiger partial charge is 0.377 e. The summed E-state index contributed by atoms with van der Waals surface area (Å²) in [5.41, 5.74) is 11.0. The minimum Gasteiger partial charge on any atom is -0.377 e. The van der Waals surface area contributed by atoms with Crippen LogP contribution in [0.2, 0.25) is 0 Å². The molecule has 1 unspecified atom stereocenters. The lowest BCUT2D eigenvalue weighted by molar-refractivity contribution is -0.0781. The highest BCUT2D eigenvalue weighted by molar-refractivity contribution is 5.34. The molecule has 1 aliphatic carbocycles. The predicted octanol–water partition coefficient (Wildman–Crippen LogP) is 4.16. The number of ether oxygens (including phenoxy) is 1. The van der Waals surface area contributed by atoms with E-state index in [0.717, 1.165) is 19.3 Å². The Hall–Kier alpha value is -0.860. The monoisotopic (exact) mass is 289 g/mol. The van der Waals surface area contributed by atoms with Crippen LogP contribution in [-0.4, -0.2) is 18.8 Å². The molecule has 1 aliphatic rings. The Balaban J connectivity index is 2.16. The molecule has 2 heteroatoms. The van der Waals surface area contributed by atoms with Gasteiger partial charge in [-0.15, -0.1) is 0 Å². The van der Waals surface area contributed by atoms with Crippen LogP contribution in [0.25, 0.3) is 0 Å². The van der Waals surface area contributed by atoms with Crippen molar-refractivity contribution in [3.8, 4) is 0 Å². The maximum Gasteiger partial charge on any atom is 0.0832 e. The van der Waals surface area contributed by atoms with E-state index in [1.165, 1.54) is 29.5 Å². The molecule has 0 aromatic heterocycles. The van der Waals surface area contributed by atoms with Gasteiger partial charge < -0.3 is 10.5 Å². The van der Waals surface area contributed by atoms with Gasteiger partial charge in [0.25, 0.3) is 0 Å². The van der Waals surface area contributed by atoms with Gasteiger partial charge in [-0.1, -0.05) is 32.0 Å². The van der Waals surface area contributed by atoms with E-state index in [9.17, 15) is 0 Å². The van der Waals surface area contributed by atoms with Crippen molar-refractivity contribution in [3.05, 3.63) is 34.9 Å². The molecule has 0 amide bonds. The van der Waals surface area contributed by atoms with Crippen LogP contribution in [-0.2, 0) is 11.2 Å². The fraction of sp³-hybridized carbons (Fsp3) is 0.684. The molecule has 1 aromatic rings. The Labute approximate surface area is 130 Å². The lowest BCUT2D eigenvalue weighted by Gasteiger charge is -2.46. The first-order valence-electron chi connectivity index (χ1n) is 8.15. The molecule has 0 aliphatic heterocycles. The van der Waals surface area contributed by atoms with Crippen LogP contribution in [0.1, 0.15) is 56.2 Å². The SMILES string of the molecule is COC1(C(N)Cc2c(C)cccc2C)CCC(C)(C)CC1. The first kappa shape index (κ1) is 16.5. The van der Waals surface area contributed by atoms with Crippen molar-refractivity contribution in [2.75, 3.05) is 7.11 Å². The van der Waals surface area contributed by atoms with Crippen molar-refractivity contribution in [2.45, 2.75) is 71.4 Å². The first-order chi connectivity index (χ1) is 9.80. The highest BCUT2D eigenvalue weighted by atomic mass is 16.5. The summed E-state index contributed by atoms with van der Waals surface area (Å²) in [5.74, 6) is 0. The predicted molar refractivity (Wildman–Crippen MR) is 89.6 cm³/mol. The zero-order chi connectivity index (χ0) is 15.7. The zero-order valence-corrected chi connectivity index (χ0v) is 14.3. The molecule has 2 rings (SSSR count). The standard InChI is InChI=1S/C19H31NO/c1-14-7-6-8-15(2)16(14)13-17(20)19(21-5)11-9-18(3,4)10-12-19/h6-8,17H,9-13,20H2,1-5H3. The van der Waals surface area contributed by atoms with Gasteiger partial charge >= 0.3 is 0 Å².